The first-order chi connectivity index (χ1) is 10.8. The molecule has 2 unspecified atom stereocenters. The third-order valence-corrected chi connectivity index (χ3v) is 4.84. The maximum atomic E-state index is 12.6. The maximum absolute atomic E-state index is 12.6. The zero-order valence-corrected chi connectivity index (χ0v) is 12.4. The van der Waals surface area contributed by atoms with Crippen LogP contribution < -0.4 is 4.90 Å². The van der Waals surface area contributed by atoms with Gasteiger partial charge in [0, 0.05) is 6.04 Å². The molecule has 0 N–H and O–H groups in total. The number of hydrogen-bond donors (Lipinski definition) is 0. The predicted molar refractivity (Wildman–Crippen MR) is 85.8 cm³/mol. The number of nitrogens with zero attached hydrogens (tertiary/aromatic N) is 1. The van der Waals surface area contributed by atoms with E-state index in [1.165, 1.54) is 12.0 Å². The molecular formula is C19H19NO2. The van der Waals surface area contributed by atoms with E-state index in [9.17, 15) is 4.79 Å². The topological polar surface area (TPSA) is 29.5 Å². The van der Waals surface area contributed by atoms with Crippen molar-refractivity contribution in [3.8, 4) is 0 Å². The second-order valence-corrected chi connectivity index (χ2v) is 6.15. The van der Waals surface area contributed by atoms with E-state index in [1.807, 2.05) is 53.4 Å². The van der Waals surface area contributed by atoms with Crippen molar-refractivity contribution in [3.05, 3.63) is 65.7 Å². The van der Waals surface area contributed by atoms with Crippen molar-refractivity contribution in [1.82, 2.24) is 0 Å². The molecule has 1 fully saturated rings. The maximum Gasteiger partial charge on any atom is 0.414 e. The molecule has 1 aliphatic carbocycles. The Morgan fingerprint density at radius 3 is 2.59 bits per heavy atom. The molecule has 0 aromatic heterocycles. The van der Waals surface area contributed by atoms with Crippen LogP contribution in [0.25, 0.3) is 0 Å². The summed E-state index contributed by atoms with van der Waals surface area (Å²) >= 11 is 0. The summed E-state index contributed by atoms with van der Waals surface area (Å²) in [6.45, 7) is 0.329. The molecule has 0 bridgehead atoms. The lowest BCUT2D eigenvalue weighted by molar-refractivity contribution is 0.130. The van der Waals surface area contributed by atoms with Gasteiger partial charge in [-0.1, -0.05) is 48.5 Å². The quantitative estimate of drug-likeness (QED) is 0.832. The molecule has 4 rings (SSSR count). The highest BCUT2D eigenvalue weighted by atomic mass is 16.6. The van der Waals surface area contributed by atoms with Gasteiger partial charge in [-0.25, -0.2) is 4.79 Å². The average molecular weight is 293 g/mol. The van der Waals surface area contributed by atoms with E-state index in [2.05, 4.69) is 6.07 Å². The SMILES string of the molecule is O=C(OCc1ccccc1)N1c2ccccc2CC2CCC21. The van der Waals surface area contributed by atoms with Crippen LogP contribution >= 0.6 is 0 Å². The lowest BCUT2D eigenvalue weighted by Gasteiger charge is -2.48. The van der Waals surface area contributed by atoms with Crippen LogP contribution in [0.2, 0.25) is 0 Å². The Kier molecular flexibility index (Phi) is 3.34. The molecule has 1 aliphatic heterocycles. The fraction of sp³-hybridized carbons (Fsp3) is 0.316. The molecule has 2 aromatic rings. The smallest absolute Gasteiger partial charge is 0.414 e. The van der Waals surface area contributed by atoms with Gasteiger partial charge in [-0.05, 0) is 42.4 Å². The normalized spacial score (nSPS) is 22.3. The van der Waals surface area contributed by atoms with Crippen molar-refractivity contribution in [2.75, 3.05) is 4.90 Å². The Morgan fingerprint density at radius 1 is 1.05 bits per heavy atom. The minimum Gasteiger partial charge on any atom is -0.444 e. The highest BCUT2D eigenvalue weighted by Gasteiger charge is 2.43. The van der Waals surface area contributed by atoms with Crippen molar-refractivity contribution in [1.29, 1.82) is 0 Å². The van der Waals surface area contributed by atoms with Crippen LogP contribution in [0.1, 0.15) is 24.0 Å². The molecule has 2 aliphatic rings. The summed E-state index contributed by atoms with van der Waals surface area (Å²) in [5.74, 6) is 0.596. The predicted octanol–water partition coefficient (Wildman–Crippen LogP) is 4.16. The zero-order valence-electron chi connectivity index (χ0n) is 12.4. The van der Waals surface area contributed by atoms with Gasteiger partial charge < -0.3 is 4.74 Å². The number of benzene rings is 2. The third-order valence-electron chi connectivity index (χ3n) is 4.84. The van der Waals surface area contributed by atoms with Crippen molar-refractivity contribution < 1.29 is 9.53 Å². The van der Waals surface area contributed by atoms with Crippen LogP contribution in [0.15, 0.2) is 54.6 Å². The molecule has 22 heavy (non-hydrogen) atoms. The molecule has 2 atom stereocenters. The number of amides is 1. The summed E-state index contributed by atoms with van der Waals surface area (Å²) in [5, 5.41) is 0. The molecule has 1 amide bonds. The Bertz CT molecular complexity index is 683. The minimum atomic E-state index is -0.217. The molecule has 1 heterocycles. The number of fused-ring (bicyclic) bond motifs is 2. The molecule has 2 aromatic carbocycles. The first-order valence-corrected chi connectivity index (χ1v) is 7.91. The molecule has 3 heteroatoms. The van der Waals surface area contributed by atoms with E-state index in [4.69, 9.17) is 4.74 Å². The van der Waals surface area contributed by atoms with Crippen molar-refractivity contribution in [2.24, 2.45) is 5.92 Å². The van der Waals surface area contributed by atoms with Gasteiger partial charge in [0.1, 0.15) is 6.61 Å². The first-order valence-electron chi connectivity index (χ1n) is 7.91. The molecule has 3 nitrogen and oxygen atoms in total. The van der Waals surface area contributed by atoms with Gasteiger partial charge in [-0.15, -0.1) is 0 Å². The fourth-order valence-corrected chi connectivity index (χ4v) is 3.53. The summed E-state index contributed by atoms with van der Waals surface area (Å²) in [6, 6.07) is 18.4. The van der Waals surface area contributed by atoms with Crippen molar-refractivity contribution in [3.63, 3.8) is 0 Å². The highest BCUT2D eigenvalue weighted by molar-refractivity contribution is 5.90. The highest BCUT2D eigenvalue weighted by Crippen LogP contribution is 2.44. The molecular weight excluding hydrogens is 274 g/mol. The lowest BCUT2D eigenvalue weighted by Crippen LogP contribution is -2.54. The minimum absolute atomic E-state index is 0.217. The number of anilines is 1. The number of carbonyl (C=O) groups is 1. The van der Waals surface area contributed by atoms with Crippen LogP contribution in [0.3, 0.4) is 0 Å². The van der Waals surface area contributed by atoms with E-state index in [0.717, 1.165) is 24.1 Å². The van der Waals surface area contributed by atoms with E-state index in [1.54, 1.807) is 0 Å². The summed E-state index contributed by atoms with van der Waals surface area (Å²) in [5.41, 5.74) is 3.31. The van der Waals surface area contributed by atoms with Crippen LogP contribution in [-0.2, 0) is 17.8 Å². The molecule has 0 saturated heterocycles. The van der Waals surface area contributed by atoms with Crippen molar-refractivity contribution in [2.45, 2.75) is 31.9 Å². The number of ether oxygens (including phenoxy) is 1. The van der Waals surface area contributed by atoms with Gasteiger partial charge in [0.25, 0.3) is 0 Å². The van der Waals surface area contributed by atoms with Crippen molar-refractivity contribution >= 4 is 11.8 Å². The summed E-state index contributed by atoms with van der Waals surface area (Å²) < 4.78 is 5.56. The Morgan fingerprint density at radius 2 is 1.82 bits per heavy atom. The second-order valence-electron chi connectivity index (χ2n) is 6.15. The largest absolute Gasteiger partial charge is 0.444 e. The zero-order chi connectivity index (χ0) is 14.9. The number of para-hydroxylation sites is 1. The van der Waals surface area contributed by atoms with Crippen LogP contribution in [-0.4, -0.2) is 12.1 Å². The van der Waals surface area contributed by atoms with Gasteiger partial charge in [-0.3, -0.25) is 4.90 Å². The molecule has 1 saturated carbocycles. The molecule has 0 spiro atoms. The lowest BCUT2D eigenvalue weighted by atomic mass is 9.72. The van der Waals surface area contributed by atoms with Crippen LogP contribution in [0.4, 0.5) is 10.5 Å². The third kappa shape index (κ3) is 2.27. The Balaban J connectivity index is 1.54. The molecule has 112 valence electrons. The van der Waals surface area contributed by atoms with Crippen LogP contribution in [0.5, 0.6) is 0 Å². The Hall–Kier alpha value is -2.29. The summed E-state index contributed by atoms with van der Waals surface area (Å²) in [6.07, 6.45) is 3.16. The van der Waals surface area contributed by atoms with E-state index in [0.29, 0.717) is 18.6 Å². The second kappa shape index (κ2) is 5.48. The standard InChI is InChI=1S/C19H19NO2/c21-19(22-13-14-6-2-1-3-7-14)20-17-9-5-4-8-15(17)12-16-10-11-18(16)20/h1-9,16,18H,10-13H2. The molecule has 0 radical (unpaired) electrons. The number of rotatable bonds is 2. The Labute approximate surface area is 130 Å². The number of hydrogen-bond acceptors (Lipinski definition) is 2. The van der Waals surface area contributed by atoms with Gasteiger partial charge >= 0.3 is 6.09 Å². The van der Waals surface area contributed by atoms with Gasteiger partial charge in [-0.2, -0.15) is 0 Å². The fourth-order valence-electron chi connectivity index (χ4n) is 3.53. The summed E-state index contributed by atoms with van der Waals surface area (Å²) in [4.78, 5) is 14.5. The van der Waals surface area contributed by atoms with Gasteiger partial charge in [0.05, 0.1) is 5.69 Å². The monoisotopic (exact) mass is 293 g/mol. The van der Waals surface area contributed by atoms with E-state index >= 15 is 0 Å². The number of carbonyl (C=O) groups excluding carboxylic acids is 1. The van der Waals surface area contributed by atoms with Gasteiger partial charge in [0.15, 0.2) is 0 Å². The van der Waals surface area contributed by atoms with Crippen LogP contribution in [0, 0.1) is 5.92 Å². The first kappa shape index (κ1) is 13.4. The summed E-state index contributed by atoms with van der Waals surface area (Å²) in [7, 11) is 0. The van der Waals surface area contributed by atoms with E-state index < -0.39 is 0 Å². The average Bonchev–Trinajstić information content (AvgIpc) is 2.55. The van der Waals surface area contributed by atoms with E-state index in [-0.39, 0.29) is 6.09 Å². The van der Waals surface area contributed by atoms with Gasteiger partial charge in [0.2, 0.25) is 0 Å².